The first-order valence-electron chi connectivity index (χ1n) is 9.25. The van der Waals surface area contributed by atoms with E-state index in [1.807, 2.05) is 6.92 Å². The topological polar surface area (TPSA) is 66.5 Å². The molecule has 0 saturated heterocycles. The lowest BCUT2D eigenvalue weighted by Gasteiger charge is -2.24. The second kappa shape index (κ2) is 7.95. The highest BCUT2D eigenvalue weighted by atomic mass is 35.5. The molecular weight excluding hydrogens is 443 g/mol. The number of carbonyl (C=O) groups is 1. The fourth-order valence-corrected chi connectivity index (χ4v) is 5.51. The van der Waals surface area contributed by atoms with Crippen molar-refractivity contribution in [1.82, 2.24) is 0 Å². The lowest BCUT2D eigenvalue weighted by atomic mass is 10.1. The van der Waals surface area contributed by atoms with Gasteiger partial charge in [0.15, 0.2) is 0 Å². The summed E-state index contributed by atoms with van der Waals surface area (Å²) in [6.07, 6.45) is 0.518. The highest BCUT2D eigenvalue weighted by Gasteiger charge is 2.36. The summed E-state index contributed by atoms with van der Waals surface area (Å²) in [5.41, 5.74) is 2.48. The summed E-state index contributed by atoms with van der Waals surface area (Å²) >= 11 is 11.8. The second-order valence-electron chi connectivity index (χ2n) is 7.11. The van der Waals surface area contributed by atoms with Gasteiger partial charge in [-0.2, -0.15) is 0 Å². The molecule has 8 heteroatoms. The molecule has 0 saturated carbocycles. The van der Waals surface area contributed by atoms with Crippen LogP contribution in [0.25, 0.3) is 0 Å². The minimum Gasteiger partial charge on any atom is -0.322 e. The van der Waals surface area contributed by atoms with Crippen LogP contribution in [0.3, 0.4) is 0 Å². The molecule has 0 spiro atoms. The van der Waals surface area contributed by atoms with Crippen LogP contribution in [0.5, 0.6) is 0 Å². The van der Waals surface area contributed by atoms with E-state index < -0.39 is 10.0 Å². The number of hydrogen-bond acceptors (Lipinski definition) is 3. The molecule has 154 valence electrons. The Morgan fingerprint density at radius 3 is 2.20 bits per heavy atom. The maximum atomic E-state index is 13.2. The largest absolute Gasteiger partial charge is 0.322 e. The maximum absolute atomic E-state index is 13.2. The summed E-state index contributed by atoms with van der Waals surface area (Å²) in [6.45, 7) is 1.85. The van der Waals surface area contributed by atoms with Gasteiger partial charge in [-0.1, -0.05) is 23.2 Å². The van der Waals surface area contributed by atoms with Gasteiger partial charge in [-0.15, -0.1) is 0 Å². The molecule has 0 aliphatic carbocycles. The van der Waals surface area contributed by atoms with E-state index in [1.165, 1.54) is 16.4 Å². The highest BCUT2D eigenvalue weighted by Crippen LogP contribution is 2.37. The molecule has 1 aliphatic rings. The van der Waals surface area contributed by atoms with E-state index >= 15 is 0 Å². The van der Waals surface area contributed by atoms with Crippen LogP contribution < -0.4 is 9.62 Å². The van der Waals surface area contributed by atoms with E-state index in [2.05, 4.69) is 5.32 Å². The van der Waals surface area contributed by atoms with E-state index in [4.69, 9.17) is 23.2 Å². The standard InChI is InChI=1S/C22H18Cl2N2O3S/c1-14-12-16-13-15(22(27)25-19-7-3-17(23)4-8-19)2-11-21(16)26(14)30(28,29)20-9-5-18(24)6-10-20/h2-11,13-14H,12H2,1H3,(H,25,27)/t14-/m0/s1. The monoisotopic (exact) mass is 460 g/mol. The lowest BCUT2D eigenvalue weighted by Crippen LogP contribution is -2.35. The van der Waals surface area contributed by atoms with Crippen molar-refractivity contribution in [3.8, 4) is 0 Å². The quantitative estimate of drug-likeness (QED) is 0.567. The van der Waals surface area contributed by atoms with Crippen LogP contribution in [0.2, 0.25) is 10.0 Å². The number of nitrogens with zero attached hydrogens (tertiary/aromatic N) is 1. The van der Waals surface area contributed by atoms with Crippen molar-refractivity contribution in [3.05, 3.63) is 87.9 Å². The van der Waals surface area contributed by atoms with Crippen LogP contribution in [-0.4, -0.2) is 20.4 Å². The number of benzene rings is 3. The van der Waals surface area contributed by atoms with Gasteiger partial charge >= 0.3 is 0 Å². The number of fused-ring (bicyclic) bond motifs is 1. The zero-order valence-corrected chi connectivity index (χ0v) is 18.3. The first-order valence-corrected chi connectivity index (χ1v) is 11.4. The first kappa shape index (κ1) is 20.7. The van der Waals surface area contributed by atoms with Crippen molar-refractivity contribution in [1.29, 1.82) is 0 Å². The minimum absolute atomic E-state index is 0.177. The molecule has 0 radical (unpaired) electrons. The fraction of sp³-hybridized carbons (Fsp3) is 0.136. The van der Waals surface area contributed by atoms with E-state index in [1.54, 1.807) is 54.6 Å². The Bertz CT molecular complexity index is 1210. The number of carbonyl (C=O) groups excluding carboxylic acids is 1. The Morgan fingerprint density at radius 1 is 0.967 bits per heavy atom. The van der Waals surface area contributed by atoms with Gasteiger partial charge in [0.1, 0.15) is 0 Å². The molecule has 1 amide bonds. The molecule has 1 N–H and O–H groups in total. The van der Waals surface area contributed by atoms with Crippen molar-refractivity contribution in [2.45, 2.75) is 24.3 Å². The molecule has 5 nitrogen and oxygen atoms in total. The third-order valence-electron chi connectivity index (χ3n) is 4.97. The third kappa shape index (κ3) is 3.90. The van der Waals surface area contributed by atoms with Crippen LogP contribution in [-0.2, 0) is 16.4 Å². The third-order valence-corrected chi connectivity index (χ3v) is 7.41. The van der Waals surface area contributed by atoms with Crippen LogP contribution in [0.15, 0.2) is 71.6 Å². The number of anilines is 2. The summed E-state index contributed by atoms with van der Waals surface area (Å²) in [5, 5.41) is 3.88. The molecule has 1 aliphatic heterocycles. The van der Waals surface area contributed by atoms with Gasteiger partial charge in [0, 0.05) is 27.3 Å². The summed E-state index contributed by atoms with van der Waals surface area (Å²) in [6, 6.07) is 17.7. The van der Waals surface area contributed by atoms with Gasteiger partial charge in [0.05, 0.1) is 10.6 Å². The molecule has 4 rings (SSSR count). The van der Waals surface area contributed by atoms with Gasteiger partial charge in [-0.05, 0) is 85.6 Å². The summed E-state index contributed by atoms with van der Waals surface area (Å²) in [4.78, 5) is 12.8. The predicted octanol–water partition coefficient (Wildman–Crippen LogP) is 5.39. The summed E-state index contributed by atoms with van der Waals surface area (Å²) < 4.78 is 27.8. The number of amides is 1. The molecular formula is C22H18Cl2N2O3S. The van der Waals surface area contributed by atoms with Gasteiger partial charge < -0.3 is 5.32 Å². The van der Waals surface area contributed by atoms with E-state index in [9.17, 15) is 13.2 Å². The van der Waals surface area contributed by atoms with E-state index in [-0.39, 0.29) is 16.8 Å². The molecule has 1 heterocycles. The zero-order valence-electron chi connectivity index (χ0n) is 16.0. The van der Waals surface area contributed by atoms with Gasteiger partial charge in [-0.3, -0.25) is 9.10 Å². The number of hydrogen-bond donors (Lipinski definition) is 1. The zero-order chi connectivity index (χ0) is 21.5. The van der Waals surface area contributed by atoms with Crippen molar-refractivity contribution in [3.63, 3.8) is 0 Å². The lowest BCUT2D eigenvalue weighted by molar-refractivity contribution is 0.102. The maximum Gasteiger partial charge on any atom is 0.264 e. The van der Waals surface area contributed by atoms with Gasteiger partial charge in [-0.25, -0.2) is 8.42 Å². The number of nitrogens with one attached hydrogen (secondary N) is 1. The van der Waals surface area contributed by atoms with Crippen molar-refractivity contribution in [2.24, 2.45) is 0 Å². The predicted molar refractivity (Wildman–Crippen MR) is 120 cm³/mol. The Hall–Kier alpha value is -2.54. The minimum atomic E-state index is -3.74. The smallest absolute Gasteiger partial charge is 0.264 e. The Morgan fingerprint density at radius 2 is 1.57 bits per heavy atom. The van der Waals surface area contributed by atoms with Gasteiger partial charge in [0.2, 0.25) is 0 Å². The Kier molecular flexibility index (Phi) is 5.49. The fourth-order valence-electron chi connectivity index (χ4n) is 3.57. The Balaban J connectivity index is 1.62. The summed E-state index contributed by atoms with van der Waals surface area (Å²) in [7, 11) is -3.74. The van der Waals surface area contributed by atoms with Gasteiger partial charge in [0.25, 0.3) is 15.9 Å². The average molecular weight is 461 g/mol. The van der Waals surface area contributed by atoms with E-state index in [0.717, 1.165) is 5.56 Å². The number of halogens is 2. The van der Waals surface area contributed by atoms with Crippen molar-refractivity contribution < 1.29 is 13.2 Å². The van der Waals surface area contributed by atoms with E-state index in [0.29, 0.717) is 33.4 Å². The SMILES string of the molecule is C[C@H]1Cc2cc(C(=O)Nc3ccc(Cl)cc3)ccc2N1S(=O)(=O)c1ccc(Cl)cc1. The summed E-state index contributed by atoms with van der Waals surface area (Å²) in [5.74, 6) is -0.271. The normalized spacial score (nSPS) is 15.7. The van der Waals surface area contributed by atoms with Crippen LogP contribution in [0.1, 0.15) is 22.8 Å². The van der Waals surface area contributed by atoms with Crippen LogP contribution in [0, 0.1) is 0 Å². The molecule has 3 aromatic rings. The van der Waals surface area contributed by atoms with Crippen molar-refractivity contribution >= 4 is 50.5 Å². The molecule has 0 unspecified atom stereocenters. The number of sulfonamides is 1. The molecule has 30 heavy (non-hydrogen) atoms. The number of rotatable bonds is 4. The first-order chi connectivity index (χ1) is 14.3. The highest BCUT2D eigenvalue weighted by molar-refractivity contribution is 7.92. The average Bonchev–Trinajstić information content (AvgIpc) is 3.05. The molecule has 0 aromatic heterocycles. The van der Waals surface area contributed by atoms with Crippen LogP contribution >= 0.6 is 23.2 Å². The van der Waals surface area contributed by atoms with Crippen LogP contribution in [0.4, 0.5) is 11.4 Å². The molecule has 0 bridgehead atoms. The Labute approximate surface area is 185 Å². The van der Waals surface area contributed by atoms with Crippen molar-refractivity contribution in [2.75, 3.05) is 9.62 Å². The molecule has 0 fully saturated rings. The second-order valence-corrected chi connectivity index (χ2v) is 9.80. The molecule has 1 atom stereocenters. The molecule has 3 aromatic carbocycles.